The molecule has 0 amide bonds. The Morgan fingerprint density at radius 1 is 0.852 bits per heavy atom. The van der Waals surface area contributed by atoms with E-state index in [1.165, 1.54) is 12.0 Å². The van der Waals surface area contributed by atoms with E-state index in [-0.39, 0.29) is 27.5 Å². The third-order valence-electron chi connectivity index (χ3n) is 8.15. The predicted molar refractivity (Wildman–Crippen MR) is 191 cm³/mol. The minimum atomic E-state index is -6.59. The van der Waals surface area contributed by atoms with Gasteiger partial charge < -0.3 is 27.4 Å². The van der Waals surface area contributed by atoms with Crippen LogP contribution in [0.25, 0.3) is 11.1 Å². The van der Waals surface area contributed by atoms with Gasteiger partial charge in [0, 0.05) is 33.7 Å². The second kappa shape index (κ2) is 24.8. The van der Waals surface area contributed by atoms with Gasteiger partial charge in [-0.2, -0.15) is 61.0 Å². The van der Waals surface area contributed by atoms with E-state index in [4.69, 9.17) is 5.41 Å². The van der Waals surface area contributed by atoms with E-state index in [2.05, 4.69) is 87.1 Å². The summed E-state index contributed by atoms with van der Waals surface area (Å²) in [6.45, 7) is 18.6. The number of pyridine rings is 1. The van der Waals surface area contributed by atoms with Gasteiger partial charge in [-0.05, 0) is 40.8 Å². The topological polar surface area (TPSA) is 131 Å². The molecule has 1 aliphatic carbocycles. The molecule has 11 nitrogen and oxygen atoms in total. The minimum absolute atomic E-state index is 0. The SMILES string of the molecule is CC1C(C)C(C)C(C)C1C.CC=[N-].CCC.CN1NN(Cc2ccccc2)[C-]=C1c1[c-]ccc[n+]1C.O=S(=O)(OOS(=O)(=O)C(F)(F)F)C(F)(F)F.[CH3-].[Ir]. The Morgan fingerprint density at radius 3 is 1.56 bits per heavy atom. The number of aryl methyl sites for hydroxylation is 1. The van der Waals surface area contributed by atoms with Crippen LogP contribution in [0, 0.1) is 49.3 Å². The van der Waals surface area contributed by atoms with E-state index in [1.54, 1.807) is 6.92 Å². The molecule has 54 heavy (non-hydrogen) atoms. The van der Waals surface area contributed by atoms with Gasteiger partial charge >= 0.3 is 31.3 Å². The zero-order chi connectivity index (χ0) is 40.7. The smallest absolute Gasteiger partial charge is 0.525 e. The van der Waals surface area contributed by atoms with E-state index in [9.17, 15) is 43.2 Å². The Bertz CT molecular complexity index is 1530. The summed E-state index contributed by atoms with van der Waals surface area (Å²) < 4.78 is 115. The Labute approximate surface area is 331 Å². The van der Waals surface area contributed by atoms with Crippen molar-refractivity contribution in [2.45, 2.75) is 79.4 Å². The fraction of sp³-hybridized carbons (Fsp3) is 0.559. The number of nitrogens with zero attached hydrogens (tertiary/aromatic N) is 4. The van der Waals surface area contributed by atoms with Crippen LogP contribution < -0.4 is 10.1 Å². The first kappa shape index (κ1) is 55.7. The van der Waals surface area contributed by atoms with E-state index in [1.807, 2.05) is 65.2 Å². The zero-order valence-electron chi connectivity index (χ0n) is 32.2. The van der Waals surface area contributed by atoms with Crippen molar-refractivity contribution in [2.75, 3.05) is 7.05 Å². The molecule has 1 aromatic carbocycles. The van der Waals surface area contributed by atoms with Crippen molar-refractivity contribution in [3.05, 3.63) is 85.0 Å². The summed E-state index contributed by atoms with van der Waals surface area (Å²) in [4.78, 5) is 0. The number of aromatic nitrogens is 1. The van der Waals surface area contributed by atoms with Crippen molar-refractivity contribution in [3.8, 4) is 0 Å². The predicted octanol–water partition coefficient (Wildman–Crippen LogP) is 7.60. The van der Waals surface area contributed by atoms with E-state index in [0.29, 0.717) is 0 Å². The molecule has 1 aromatic heterocycles. The zero-order valence-corrected chi connectivity index (χ0v) is 36.2. The molecular weight excluding hydrogens is 945 g/mol. The Morgan fingerprint density at radius 2 is 1.22 bits per heavy atom. The summed E-state index contributed by atoms with van der Waals surface area (Å²) >= 11 is 0. The second-order valence-corrected chi connectivity index (χ2v) is 15.0. The first-order valence-electron chi connectivity index (χ1n) is 16.1. The third-order valence-corrected chi connectivity index (χ3v) is 9.87. The molecule has 2 heterocycles. The fourth-order valence-corrected chi connectivity index (χ4v) is 5.51. The largest absolute Gasteiger partial charge is 0.814 e. The fourth-order valence-electron chi connectivity index (χ4n) is 4.77. The van der Waals surface area contributed by atoms with Crippen LogP contribution in [0.3, 0.4) is 0 Å². The number of nitrogens with one attached hydrogen (secondary N) is 1. The molecule has 1 fully saturated rings. The summed E-state index contributed by atoms with van der Waals surface area (Å²) in [5, 5.41) is 11.3. The molecular formula is C34H52F6IrN5O6S2-3. The molecule has 0 bridgehead atoms. The maximum Gasteiger partial charge on any atom is 0.525 e. The van der Waals surface area contributed by atoms with Gasteiger partial charge in [-0.1, -0.05) is 107 Å². The van der Waals surface area contributed by atoms with Crippen LogP contribution in [-0.4, -0.2) is 51.1 Å². The number of benzene rings is 1. The number of hydrazine groups is 2. The van der Waals surface area contributed by atoms with Crippen LogP contribution in [0.15, 0.2) is 48.7 Å². The van der Waals surface area contributed by atoms with Crippen LogP contribution in [0.5, 0.6) is 0 Å². The maximum absolute atomic E-state index is 11.4. The summed E-state index contributed by atoms with van der Waals surface area (Å²) in [7, 11) is -9.20. The molecule has 4 rings (SSSR count). The molecule has 20 heteroatoms. The van der Waals surface area contributed by atoms with E-state index in [0.717, 1.165) is 53.7 Å². The first-order valence-corrected chi connectivity index (χ1v) is 18.9. The standard InChI is InChI=1S/C16H17N4.C10H20.C3H8.C2F6O6S2.C2H4N.CH3.Ir/c1-18-11-7-6-10-15(18)16-13-20(17-19(16)2)12-14-8-4-3-5-9-14;1-6-7(2)9(4)10(5)8(6)3;1-3-2;3-1(4,5)15(9,10)13-14-16(11,12)2(6,7)8;1-2-3;;/h3-9,11,17H,12H2,1-2H3;6-10H,1-5H3;3H2,1-2H3;;2H,1H3;1H3;/q-1;;;;2*-1;. The van der Waals surface area contributed by atoms with Crippen LogP contribution in [0.1, 0.15) is 73.1 Å². The minimum Gasteiger partial charge on any atom is -0.814 e. The van der Waals surface area contributed by atoms with Gasteiger partial charge in [-0.3, -0.25) is 0 Å². The Balaban J connectivity index is -0.000000687. The molecule has 0 spiro atoms. The van der Waals surface area contributed by atoms with Gasteiger partial charge in [0.2, 0.25) is 0 Å². The molecule has 2 aromatic rings. The van der Waals surface area contributed by atoms with Crippen molar-refractivity contribution < 1.29 is 76.5 Å². The molecule has 1 aliphatic heterocycles. The van der Waals surface area contributed by atoms with Crippen molar-refractivity contribution >= 4 is 32.1 Å². The van der Waals surface area contributed by atoms with Crippen molar-refractivity contribution in [2.24, 2.45) is 36.6 Å². The average molecular weight is 997 g/mol. The average Bonchev–Trinajstić information content (AvgIpc) is 3.48. The summed E-state index contributed by atoms with van der Waals surface area (Å²) in [6.07, 6.45) is 7.62. The van der Waals surface area contributed by atoms with Crippen LogP contribution in [-0.2, 0) is 62.6 Å². The summed E-state index contributed by atoms with van der Waals surface area (Å²) in [6, 6.07) is 17.5. The maximum atomic E-state index is 11.4. The normalized spacial score (nSPS) is 20.7. The van der Waals surface area contributed by atoms with Crippen molar-refractivity contribution in [1.82, 2.24) is 15.6 Å². The third kappa shape index (κ3) is 17.5. The second-order valence-electron chi connectivity index (χ2n) is 12.0. The summed E-state index contributed by atoms with van der Waals surface area (Å²) in [5.74, 6) is 4.68. The summed E-state index contributed by atoms with van der Waals surface area (Å²) in [5.41, 5.74) is -5.76. The number of halogens is 6. The quantitative estimate of drug-likeness (QED) is 0.0592. The molecule has 0 atom stereocenters. The number of alkyl halides is 6. The van der Waals surface area contributed by atoms with Gasteiger partial charge in [-0.15, -0.1) is 5.70 Å². The number of hydrogen-bond donors (Lipinski definition) is 1. The molecule has 1 radical (unpaired) electrons. The first-order chi connectivity index (χ1) is 23.8. The van der Waals surface area contributed by atoms with E-state index >= 15 is 0 Å². The molecule has 315 valence electrons. The number of hydrogen-bond acceptors (Lipinski definition) is 9. The van der Waals surface area contributed by atoms with Gasteiger partial charge in [0.25, 0.3) is 0 Å². The monoisotopic (exact) mass is 997 g/mol. The van der Waals surface area contributed by atoms with Crippen molar-refractivity contribution in [1.29, 1.82) is 0 Å². The van der Waals surface area contributed by atoms with Crippen LogP contribution >= 0.6 is 0 Å². The van der Waals surface area contributed by atoms with Gasteiger partial charge in [0.15, 0.2) is 0 Å². The molecule has 0 unspecified atom stereocenters. The molecule has 2 aliphatic rings. The Hall–Kier alpha value is -2.61. The molecule has 1 saturated carbocycles. The molecule has 0 saturated heterocycles. The molecule has 1 N–H and O–H groups in total. The van der Waals surface area contributed by atoms with Gasteiger partial charge in [0.1, 0.15) is 7.05 Å². The van der Waals surface area contributed by atoms with Gasteiger partial charge in [0.05, 0.1) is 6.20 Å². The Kier molecular flexibility index (Phi) is 25.6. The van der Waals surface area contributed by atoms with Crippen LogP contribution in [0.4, 0.5) is 26.3 Å². The van der Waals surface area contributed by atoms with E-state index < -0.39 is 31.3 Å². The van der Waals surface area contributed by atoms with Crippen LogP contribution in [0.2, 0.25) is 0 Å². The van der Waals surface area contributed by atoms with Crippen molar-refractivity contribution in [3.63, 3.8) is 0 Å². The number of rotatable bonds is 6. The van der Waals surface area contributed by atoms with Gasteiger partial charge in [-0.25, -0.2) is 12.3 Å².